The van der Waals surface area contributed by atoms with Crippen LogP contribution < -0.4 is 10.6 Å². The summed E-state index contributed by atoms with van der Waals surface area (Å²) in [5.74, 6) is 2.22. The van der Waals surface area contributed by atoms with E-state index in [1.165, 1.54) is 0 Å². The van der Waals surface area contributed by atoms with Crippen molar-refractivity contribution in [1.82, 2.24) is 9.97 Å². The van der Waals surface area contributed by atoms with E-state index >= 15 is 0 Å². The van der Waals surface area contributed by atoms with Crippen LogP contribution in [0.1, 0.15) is 0 Å². The molecule has 2 aromatic rings. The number of nitrogens with two attached hydrogens (primary N) is 1. The first-order chi connectivity index (χ1) is 8.74. The minimum absolute atomic E-state index is 0.393. The van der Waals surface area contributed by atoms with Crippen LogP contribution in [-0.2, 0) is 0 Å². The van der Waals surface area contributed by atoms with Crippen molar-refractivity contribution in [1.29, 1.82) is 0 Å². The third-order valence-corrected chi connectivity index (χ3v) is 4.30. The summed E-state index contributed by atoms with van der Waals surface area (Å²) in [6, 6.07) is 6.18. The molecule has 3 heterocycles. The molecule has 0 amide bonds. The lowest BCUT2D eigenvalue weighted by Gasteiger charge is -2.21. The Morgan fingerprint density at radius 2 is 2.11 bits per heavy atom. The fourth-order valence-electron chi connectivity index (χ4n) is 3.01. The van der Waals surface area contributed by atoms with Crippen LogP contribution in [-0.4, -0.2) is 29.1 Å². The second-order valence-corrected chi connectivity index (χ2v) is 5.54. The average molecular weight is 261 g/mol. The molecule has 1 unspecified atom stereocenters. The number of fused-ring (bicyclic) bond motifs is 2. The molecule has 4 nitrogen and oxygen atoms in total. The maximum absolute atomic E-state index is 6.08. The number of nitrogens with zero attached hydrogens (tertiary/aromatic N) is 3. The smallest absolute Gasteiger partial charge is 0.139 e. The number of aromatic nitrogens is 2. The highest BCUT2D eigenvalue weighted by Crippen LogP contribution is 2.45. The molecule has 1 saturated carbocycles. The summed E-state index contributed by atoms with van der Waals surface area (Å²) in [4.78, 5) is 11.1. The van der Waals surface area contributed by atoms with Crippen molar-refractivity contribution in [3.05, 3.63) is 29.5 Å². The summed E-state index contributed by atoms with van der Waals surface area (Å²) in [6.07, 6.45) is 1.78. The van der Waals surface area contributed by atoms with Gasteiger partial charge in [0.05, 0.1) is 5.52 Å². The van der Waals surface area contributed by atoms with Crippen LogP contribution in [0.4, 0.5) is 5.82 Å². The third-order valence-electron chi connectivity index (χ3n) is 4.11. The highest BCUT2D eigenvalue weighted by molar-refractivity contribution is 6.30. The Kier molecular flexibility index (Phi) is 2.08. The predicted octanol–water partition coefficient (Wildman–Crippen LogP) is 1.68. The Bertz CT molecular complexity index is 617. The van der Waals surface area contributed by atoms with E-state index in [0.29, 0.717) is 23.0 Å². The van der Waals surface area contributed by atoms with Gasteiger partial charge in [0.2, 0.25) is 0 Å². The number of pyridine rings is 2. The van der Waals surface area contributed by atoms with Crippen molar-refractivity contribution in [3.8, 4) is 0 Å². The molecule has 0 bridgehead atoms. The minimum atomic E-state index is 0.393. The van der Waals surface area contributed by atoms with Gasteiger partial charge in [0.15, 0.2) is 0 Å². The van der Waals surface area contributed by atoms with Crippen molar-refractivity contribution in [2.24, 2.45) is 17.6 Å². The molecule has 18 heavy (non-hydrogen) atoms. The molecular weight excluding hydrogens is 248 g/mol. The number of halogens is 1. The standard InChI is InChI=1S/C13H13ClN4/c14-11-4-10-7(2-1-3-16-10)13(17-11)18-5-8-9(6-18)12(8)15/h1-4,8-9,12H,5-6,15H2/t8-,9+,12?. The van der Waals surface area contributed by atoms with Gasteiger partial charge in [-0.15, -0.1) is 0 Å². The molecule has 92 valence electrons. The van der Waals surface area contributed by atoms with Crippen LogP contribution in [0.3, 0.4) is 0 Å². The van der Waals surface area contributed by atoms with E-state index in [4.69, 9.17) is 17.3 Å². The molecule has 1 aliphatic heterocycles. The van der Waals surface area contributed by atoms with E-state index in [-0.39, 0.29) is 0 Å². The first-order valence-electron chi connectivity index (χ1n) is 6.16. The lowest BCUT2D eigenvalue weighted by atomic mass is 10.2. The molecule has 5 heteroatoms. The first-order valence-corrected chi connectivity index (χ1v) is 6.53. The Hall–Kier alpha value is -1.39. The Labute approximate surface area is 110 Å². The molecule has 2 aliphatic rings. The van der Waals surface area contributed by atoms with Crippen LogP contribution in [0.25, 0.3) is 10.9 Å². The lowest BCUT2D eigenvalue weighted by molar-refractivity contribution is 0.738. The Morgan fingerprint density at radius 1 is 1.33 bits per heavy atom. The van der Waals surface area contributed by atoms with Crippen LogP contribution in [0.5, 0.6) is 0 Å². The molecule has 0 spiro atoms. The van der Waals surface area contributed by atoms with Gasteiger partial charge in [0.25, 0.3) is 0 Å². The number of piperidine rings is 1. The van der Waals surface area contributed by atoms with Crippen LogP contribution in [0.2, 0.25) is 5.15 Å². The van der Waals surface area contributed by atoms with E-state index in [9.17, 15) is 0 Å². The Morgan fingerprint density at radius 3 is 2.89 bits per heavy atom. The van der Waals surface area contributed by atoms with Crippen LogP contribution in [0.15, 0.2) is 24.4 Å². The van der Waals surface area contributed by atoms with Gasteiger partial charge in [0, 0.05) is 36.8 Å². The summed E-state index contributed by atoms with van der Waals surface area (Å²) in [7, 11) is 0. The van der Waals surface area contributed by atoms with Gasteiger partial charge in [-0.1, -0.05) is 11.6 Å². The number of hydrogen-bond donors (Lipinski definition) is 1. The average Bonchev–Trinajstić information content (AvgIpc) is 2.81. The fourth-order valence-corrected chi connectivity index (χ4v) is 3.20. The van der Waals surface area contributed by atoms with E-state index < -0.39 is 0 Å². The second kappa shape index (κ2) is 3.56. The van der Waals surface area contributed by atoms with Crippen molar-refractivity contribution >= 4 is 28.3 Å². The van der Waals surface area contributed by atoms with Gasteiger partial charge in [-0.2, -0.15) is 0 Å². The molecule has 1 aliphatic carbocycles. The topological polar surface area (TPSA) is 55.0 Å². The first kappa shape index (κ1) is 10.5. The summed E-state index contributed by atoms with van der Waals surface area (Å²) in [5.41, 5.74) is 6.87. The zero-order valence-corrected chi connectivity index (χ0v) is 10.5. The SMILES string of the molecule is NC1[C@H]2CN(c3nc(Cl)cc4ncccc34)C[C@@H]12. The number of rotatable bonds is 1. The molecule has 0 aromatic carbocycles. The molecule has 2 aromatic heterocycles. The summed E-state index contributed by atoms with van der Waals surface area (Å²) < 4.78 is 0. The van der Waals surface area contributed by atoms with Crippen molar-refractivity contribution in [2.75, 3.05) is 18.0 Å². The van der Waals surface area contributed by atoms with Gasteiger partial charge in [-0.3, -0.25) is 4.98 Å². The maximum Gasteiger partial charge on any atom is 0.139 e. The van der Waals surface area contributed by atoms with E-state index in [1.54, 1.807) is 6.20 Å². The largest absolute Gasteiger partial charge is 0.355 e. The van der Waals surface area contributed by atoms with E-state index in [2.05, 4.69) is 14.9 Å². The van der Waals surface area contributed by atoms with Gasteiger partial charge in [-0.25, -0.2) is 4.98 Å². The van der Waals surface area contributed by atoms with E-state index in [1.807, 2.05) is 18.2 Å². The predicted molar refractivity (Wildman–Crippen MR) is 71.7 cm³/mol. The van der Waals surface area contributed by atoms with Crippen molar-refractivity contribution < 1.29 is 0 Å². The lowest BCUT2D eigenvalue weighted by Crippen LogP contribution is -2.28. The molecule has 4 rings (SSSR count). The zero-order chi connectivity index (χ0) is 12.3. The molecule has 3 atom stereocenters. The third kappa shape index (κ3) is 1.42. The normalized spacial score (nSPS) is 29.7. The highest BCUT2D eigenvalue weighted by Gasteiger charge is 2.54. The number of anilines is 1. The zero-order valence-electron chi connectivity index (χ0n) is 9.75. The summed E-state index contributed by atoms with van der Waals surface area (Å²) in [6.45, 7) is 1.98. The van der Waals surface area contributed by atoms with Crippen LogP contribution in [0, 0.1) is 11.8 Å². The molecule has 2 fully saturated rings. The fraction of sp³-hybridized carbons (Fsp3) is 0.385. The van der Waals surface area contributed by atoms with Gasteiger partial charge in [0.1, 0.15) is 11.0 Å². The molecule has 0 radical (unpaired) electrons. The minimum Gasteiger partial charge on any atom is -0.355 e. The molecule has 2 N–H and O–H groups in total. The van der Waals surface area contributed by atoms with Gasteiger partial charge >= 0.3 is 0 Å². The summed E-state index contributed by atoms with van der Waals surface area (Å²) >= 11 is 6.08. The highest BCUT2D eigenvalue weighted by atomic mass is 35.5. The summed E-state index contributed by atoms with van der Waals surface area (Å²) in [5, 5.41) is 1.57. The monoisotopic (exact) mass is 260 g/mol. The quantitative estimate of drug-likeness (QED) is 0.793. The van der Waals surface area contributed by atoms with Gasteiger partial charge in [-0.05, 0) is 24.0 Å². The second-order valence-electron chi connectivity index (χ2n) is 5.15. The number of hydrogen-bond acceptors (Lipinski definition) is 4. The van der Waals surface area contributed by atoms with E-state index in [0.717, 1.165) is 29.8 Å². The molecular formula is C13H13ClN4. The molecule has 1 saturated heterocycles. The van der Waals surface area contributed by atoms with Crippen LogP contribution >= 0.6 is 11.6 Å². The van der Waals surface area contributed by atoms with Crippen molar-refractivity contribution in [2.45, 2.75) is 6.04 Å². The Balaban J connectivity index is 1.80. The van der Waals surface area contributed by atoms with Gasteiger partial charge < -0.3 is 10.6 Å². The maximum atomic E-state index is 6.08. The van der Waals surface area contributed by atoms with Crippen molar-refractivity contribution in [3.63, 3.8) is 0 Å².